The summed E-state index contributed by atoms with van der Waals surface area (Å²) in [4.78, 5) is 21.3. The summed E-state index contributed by atoms with van der Waals surface area (Å²) >= 11 is 0. The summed E-state index contributed by atoms with van der Waals surface area (Å²) in [6.07, 6.45) is 4.19. The van der Waals surface area contributed by atoms with Gasteiger partial charge in [-0.2, -0.15) is 0 Å². The van der Waals surface area contributed by atoms with Crippen molar-refractivity contribution in [1.82, 2.24) is 9.97 Å². The number of pyridine rings is 2. The second-order valence-electron chi connectivity index (χ2n) is 23.2. The first-order valence-corrected chi connectivity index (χ1v) is 30.2. The quantitative estimate of drug-likeness (QED) is 0.115. The molecule has 16 rings (SSSR count). The molecule has 0 radical (unpaired) electrons. The van der Waals surface area contributed by atoms with Gasteiger partial charge in [0.1, 0.15) is 0 Å². The number of rotatable bonds is 13. The molecule has 14 aromatic rings. The van der Waals surface area contributed by atoms with Crippen LogP contribution >= 0.6 is 0 Å². The van der Waals surface area contributed by atoms with Crippen LogP contribution < -0.4 is 19.6 Å². The molecule has 0 amide bonds. The van der Waals surface area contributed by atoms with Gasteiger partial charge in [-0.3, -0.25) is 9.97 Å². The lowest BCUT2D eigenvalue weighted by molar-refractivity contribution is 0.376. The standard InChI is InChI=1S/C82H60N6/c1-81(71-53-75(87(61-39-19-7-20-40-61)62-41-21-8-22-42-62)67-47-27-29-49-69(67)77(71)79-73(81)51-65(55-83-79)85(57-31-11-3-12-32-57)58-33-13-4-14-34-58)82(2)72-54-76(88(63-43-23-9-24-44-63)64-45-25-10-26-46-64)68-48-28-30-50-70(68)78(72)80-74(82)52-66(56-84-80)86(59-35-15-5-16-36-59)60-37-17-6-18-38-60/h3-56H,1-2H3. The Balaban J connectivity index is 1.06. The van der Waals surface area contributed by atoms with Crippen LogP contribution in [0.5, 0.6) is 0 Å². The topological polar surface area (TPSA) is 38.7 Å². The van der Waals surface area contributed by atoms with E-state index >= 15 is 0 Å². The summed E-state index contributed by atoms with van der Waals surface area (Å²) in [7, 11) is 0. The van der Waals surface area contributed by atoms with Gasteiger partial charge < -0.3 is 19.6 Å². The minimum atomic E-state index is -0.897. The lowest BCUT2D eigenvalue weighted by Gasteiger charge is -2.46. The van der Waals surface area contributed by atoms with Crippen LogP contribution in [0.25, 0.3) is 44.1 Å². The third kappa shape index (κ3) is 8.24. The van der Waals surface area contributed by atoms with Crippen LogP contribution in [0.2, 0.25) is 0 Å². The van der Waals surface area contributed by atoms with Crippen molar-refractivity contribution in [2.75, 3.05) is 19.6 Å². The maximum Gasteiger partial charge on any atom is 0.0754 e. The van der Waals surface area contributed by atoms with Gasteiger partial charge in [-0.1, -0.05) is 208 Å². The summed E-state index contributed by atoms with van der Waals surface area (Å²) in [5.41, 5.74) is 19.5. The molecule has 6 nitrogen and oxygen atoms in total. The molecule has 0 fully saturated rings. The number of hydrogen-bond acceptors (Lipinski definition) is 6. The number of aromatic nitrogens is 2. The fourth-order valence-electron chi connectivity index (χ4n) is 14.4. The van der Waals surface area contributed by atoms with Crippen molar-refractivity contribution in [1.29, 1.82) is 0 Å². The lowest BCUT2D eigenvalue weighted by atomic mass is 9.56. The Morgan fingerprint density at radius 3 is 0.716 bits per heavy atom. The van der Waals surface area contributed by atoms with E-state index < -0.39 is 10.8 Å². The van der Waals surface area contributed by atoms with E-state index in [1.54, 1.807) is 0 Å². The molecule has 0 saturated carbocycles. The van der Waals surface area contributed by atoms with Gasteiger partial charge in [-0.25, -0.2) is 0 Å². The van der Waals surface area contributed by atoms with Gasteiger partial charge in [0.15, 0.2) is 0 Å². The maximum atomic E-state index is 5.84. The Labute approximate surface area is 513 Å². The van der Waals surface area contributed by atoms with Crippen LogP contribution in [-0.4, -0.2) is 9.97 Å². The number of fused-ring (bicyclic) bond motifs is 10. The highest BCUT2D eigenvalue weighted by atomic mass is 15.2. The second-order valence-corrected chi connectivity index (χ2v) is 23.2. The predicted molar refractivity (Wildman–Crippen MR) is 366 cm³/mol. The van der Waals surface area contributed by atoms with Gasteiger partial charge in [0.25, 0.3) is 0 Å². The Kier molecular flexibility index (Phi) is 12.7. The van der Waals surface area contributed by atoms with Crippen LogP contribution in [-0.2, 0) is 10.8 Å². The minimum Gasteiger partial charge on any atom is -0.310 e. The number of anilines is 12. The molecule has 418 valence electrons. The molecule has 0 spiro atoms. The van der Waals surface area contributed by atoms with Crippen molar-refractivity contribution < 1.29 is 0 Å². The van der Waals surface area contributed by atoms with Crippen LogP contribution in [0.1, 0.15) is 36.1 Å². The van der Waals surface area contributed by atoms with E-state index in [0.29, 0.717) is 0 Å². The number of para-hydroxylation sites is 8. The first-order chi connectivity index (χ1) is 43.5. The zero-order valence-corrected chi connectivity index (χ0v) is 48.9. The Morgan fingerprint density at radius 2 is 0.455 bits per heavy atom. The molecule has 2 heterocycles. The van der Waals surface area contributed by atoms with Gasteiger partial charge in [0, 0.05) is 78.2 Å². The molecule has 2 unspecified atom stereocenters. The SMILES string of the molecule is CC1(C2(C)c3cc(N(c4ccccc4)c4ccccc4)cnc3-c3c2cc(N(c2ccccc2)c2ccccc2)c2ccccc32)c2cc(N(c3ccccc3)c3ccccc3)cnc2-c2c1cc(N(c1ccccc1)c1ccccc1)c1ccccc21. The molecule has 88 heavy (non-hydrogen) atoms. The molecule has 0 aliphatic heterocycles. The van der Waals surface area contributed by atoms with E-state index in [0.717, 1.165) is 123 Å². The summed E-state index contributed by atoms with van der Waals surface area (Å²) in [6, 6.07) is 114. The van der Waals surface area contributed by atoms with Crippen LogP contribution in [0, 0.1) is 0 Å². The van der Waals surface area contributed by atoms with Gasteiger partial charge in [0.05, 0.1) is 46.5 Å². The van der Waals surface area contributed by atoms with E-state index in [4.69, 9.17) is 9.97 Å². The number of hydrogen-bond donors (Lipinski definition) is 0. The highest BCUT2D eigenvalue weighted by molar-refractivity contribution is 6.13. The summed E-state index contributed by atoms with van der Waals surface area (Å²) in [5, 5.41) is 4.52. The van der Waals surface area contributed by atoms with Gasteiger partial charge in [0.2, 0.25) is 0 Å². The highest BCUT2D eigenvalue weighted by Gasteiger charge is 2.60. The normalized spacial score (nSPS) is 15.2. The molecular formula is C82H60N6. The summed E-state index contributed by atoms with van der Waals surface area (Å²) < 4.78 is 0. The van der Waals surface area contributed by atoms with E-state index in [-0.39, 0.29) is 0 Å². The van der Waals surface area contributed by atoms with Crippen LogP contribution in [0.4, 0.5) is 68.2 Å². The van der Waals surface area contributed by atoms with E-state index in [1.807, 2.05) is 0 Å². The Morgan fingerprint density at radius 1 is 0.227 bits per heavy atom. The highest BCUT2D eigenvalue weighted by Crippen LogP contribution is 2.68. The smallest absolute Gasteiger partial charge is 0.0754 e. The molecule has 0 N–H and O–H groups in total. The van der Waals surface area contributed by atoms with Crippen molar-refractivity contribution in [2.45, 2.75) is 24.7 Å². The van der Waals surface area contributed by atoms with Crippen molar-refractivity contribution >= 4 is 89.8 Å². The molecular weight excluding hydrogens is 1070 g/mol. The second kappa shape index (κ2) is 21.3. The maximum absolute atomic E-state index is 5.84. The molecule has 0 bridgehead atoms. The van der Waals surface area contributed by atoms with Gasteiger partial charge >= 0.3 is 0 Å². The number of nitrogens with zero attached hydrogens (tertiary/aromatic N) is 6. The molecule has 6 heteroatoms. The molecule has 12 aromatic carbocycles. The van der Waals surface area contributed by atoms with E-state index in [9.17, 15) is 0 Å². The average molecular weight is 1130 g/mol. The van der Waals surface area contributed by atoms with Crippen molar-refractivity contribution in [3.8, 4) is 22.5 Å². The van der Waals surface area contributed by atoms with Crippen LogP contribution in [0.15, 0.2) is 328 Å². The predicted octanol–water partition coefficient (Wildman–Crippen LogP) is 21.9. The Hall–Kier alpha value is -11.3. The molecule has 0 saturated heterocycles. The molecule has 2 aliphatic carbocycles. The fourth-order valence-corrected chi connectivity index (χ4v) is 14.4. The average Bonchev–Trinajstić information content (AvgIpc) is 1.50. The number of benzene rings is 12. The monoisotopic (exact) mass is 1130 g/mol. The molecule has 2 aliphatic rings. The summed E-state index contributed by atoms with van der Waals surface area (Å²) in [5.74, 6) is 0. The van der Waals surface area contributed by atoms with E-state index in [2.05, 4.69) is 361 Å². The van der Waals surface area contributed by atoms with Gasteiger partial charge in [-0.05, 0) is 154 Å². The first-order valence-electron chi connectivity index (χ1n) is 30.2. The lowest BCUT2D eigenvalue weighted by Crippen LogP contribution is -2.44. The van der Waals surface area contributed by atoms with Crippen LogP contribution in [0.3, 0.4) is 0 Å². The van der Waals surface area contributed by atoms with Crippen molar-refractivity contribution in [3.05, 3.63) is 350 Å². The molecule has 2 atom stereocenters. The van der Waals surface area contributed by atoms with Crippen molar-refractivity contribution in [2.24, 2.45) is 0 Å². The zero-order chi connectivity index (χ0) is 58.8. The van der Waals surface area contributed by atoms with E-state index in [1.165, 1.54) is 11.1 Å². The summed E-state index contributed by atoms with van der Waals surface area (Å²) in [6.45, 7) is 5.04. The van der Waals surface area contributed by atoms with Gasteiger partial charge in [-0.15, -0.1) is 0 Å². The Bertz CT molecular complexity index is 4410. The first kappa shape index (κ1) is 52.2. The van der Waals surface area contributed by atoms with Crippen molar-refractivity contribution in [3.63, 3.8) is 0 Å². The third-order valence-electron chi connectivity index (χ3n) is 18.5. The molecule has 2 aromatic heterocycles. The minimum absolute atomic E-state index is 0.897. The largest absolute Gasteiger partial charge is 0.310 e. The third-order valence-corrected chi connectivity index (χ3v) is 18.5. The fraction of sp³-hybridized carbons (Fsp3) is 0.0488. The zero-order valence-electron chi connectivity index (χ0n) is 48.9.